The van der Waals surface area contributed by atoms with E-state index in [0.29, 0.717) is 29.9 Å². The minimum absolute atomic E-state index is 0.0289. The molecule has 45 heavy (non-hydrogen) atoms. The molecule has 0 aliphatic heterocycles. The lowest BCUT2D eigenvalue weighted by molar-refractivity contribution is -0.145. The Balaban J connectivity index is 1.55. The van der Waals surface area contributed by atoms with Crippen LogP contribution in [0.4, 0.5) is 0 Å². The van der Waals surface area contributed by atoms with Crippen molar-refractivity contribution >= 4 is 17.9 Å². The fourth-order valence-corrected chi connectivity index (χ4v) is 5.16. The molecule has 3 aromatic rings. The molecular weight excluding hydrogens is 572 g/mol. The highest BCUT2D eigenvalue weighted by molar-refractivity contribution is 5.90. The lowest BCUT2D eigenvalue weighted by Gasteiger charge is -2.30. The second kappa shape index (κ2) is 15.3. The zero-order valence-electron chi connectivity index (χ0n) is 25.7. The van der Waals surface area contributed by atoms with E-state index >= 15 is 0 Å². The average molecular weight is 611 g/mol. The Bertz CT molecular complexity index is 1580. The van der Waals surface area contributed by atoms with Crippen molar-refractivity contribution in [3.05, 3.63) is 109 Å². The van der Waals surface area contributed by atoms with E-state index in [1.54, 1.807) is 25.1 Å². The van der Waals surface area contributed by atoms with Crippen LogP contribution in [0.2, 0.25) is 0 Å². The molecule has 3 aromatic carbocycles. The van der Waals surface area contributed by atoms with Gasteiger partial charge in [-0.1, -0.05) is 62.2 Å². The van der Waals surface area contributed by atoms with Gasteiger partial charge < -0.3 is 24.1 Å². The molecule has 1 saturated carbocycles. The highest BCUT2D eigenvalue weighted by Gasteiger charge is 2.27. The van der Waals surface area contributed by atoms with Crippen LogP contribution in [-0.2, 0) is 23.9 Å². The molecule has 0 unspecified atom stereocenters. The van der Waals surface area contributed by atoms with Gasteiger partial charge in [-0.2, -0.15) is 0 Å². The first-order valence-corrected chi connectivity index (χ1v) is 14.7. The minimum Gasteiger partial charge on any atom is -0.459 e. The van der Waals surface area contributed by atoms with Crippen LogP contribution in [0.15, 0.2) is 103 Å². The quantitative estimate of drug-likeness (QED) is 0.137. The lowest BCUT2D eigenvalue weighted by atomic mass is 9.79. The first-order chi connectivity index (χ1) is 21.6. The molecule has 1 aliphatic rings. The van der Waals surface area contributed by atoms with Gasteiger partial charge in [-0.05, 0) is 90.6 Å². The number of esters is 3. The molecule has 234 valence electrons. The van der Waals surface area contributed by atoms with E-state index in [9.17, 15) is 19.5 Å². The van der Waals surface area contributed by atoms with Crippen LogP contribution in [0, 0.1) is 0 Å². The van der Waals surface area contributed by atoms with Gasteiger partial charge in [0.05, 0.1) is 24.4 Å². The van der Waals surface area contributed by atoms with E-state index in [2.05, 4.69) is 19.7 Å². The molecule has 8 heteroatoms. The van der Waals surface area contributed by atoms with Crippen molar-refractivity contribution in [2.75, 3.05) is 20.3 Å². The number of hydrogen-bond acceptors (Lipinski definition) is 8. The van der Waals surface area contributed by atoms with Gasteiger partial charge in [0.15, 0.2) is 0 Å². The van der Waals surface area contributed by atoms with Crippen molar-refractivity contribution in [1.82, 2.24) is 0 Å². The summed E-state index contributed by atoms with van der Waals surface area (Å²) in [6, 6.07) is 20.9. The van der Waals surface area contributed by atoms with Gasteiger partial charge >= 0.3 is 17.9 Å². The molecule has 4 rings (SSSR count). The van der Waals surface area contributed by atoms with Crippen LogP contribution < -0.4 is 9.47 Å². The zero-order chi connectivity index (χ0) is 32.5. The molecular formula is C37H38O8. The van der Waals surface area contributed by atoms with E-state index in [-0.39, 0.29) is 35.7 Å². The summed E-state index contributed by atoms with van der Waals surface area (Å²) in [6.07, 6.45) is 2.82. The van der Waals surface area contributed by atoms with Gasteiger partial charge in [-0.25, -0.2) is 14.4 Å². The predicted molar refractivity (Wildman–Crippen MR) is 172 cm³/mol. The molecule has 0 aromatic heterocycles. The molecule has 1 N–H and O–H groups in total. The van der Waals surface area contributed by atoms with Gasteiger partial charge in [0.2, 0.25) is 0 Å². The normalized spacial score (nSPS) is 15.9. The maximum Gasteiger partial charge on any atom is 0.341 e. The summed E-state index contributed by atoms with van der Waals surface area (Å²) < 4.78 is 21.4. The Kier molecular flexibility index (Phi) is 11.2. The number of carbonyl (C=O) groups is 3. The van der Waals surface area contributed by atoms with E-state index in [1.165, 1.54) is 7.11 Å². The van der Waals surface area contributed by atoms with Crippen LogP contribution in [0.5, 0.6) is 11.5 Å². The van der Waals surface area contributed by atoms with Gasteiger partial charge in [-0.15, -0.1) is 0 Å². The summed E-state index contributed by atoms with van der Waals surface area (Å²) in [4.78, 5) is 36.5. The highest BCUT2D eigenvalue weighted by atomic mass is 16.5. The van der Waals surface area contributed by atoms with Crippen LogP contribution in [0.3, 0.4) is 0 Å². The monoisotopic (exact) mass is 610 g/mol. The summed E-state index contributed by atoms with van der Waals surface area (Å²) >= 11 is 0. The molecule has 0 atom stereocenters. The van der Waals surface area contributed by atoms with Crippen molar-refractivity contribution in [1.29, 1.82) is 0 Å². The van der Waals surface area contributed by atoms with Crippen LogP contribution in [0.25, 0.3) is 22.3 Å². The van der Waals surface area contributed by atoms with Crippen molar-refractivity contribution in [3.63, 3.8) is 0 Å². The number of benzene rings is 3. The van der Waals surface area contributed by atoms with Crippen molar-refractivity contribution in [2.24, 2.45) is 0 Å². The van der Waals surface area contributed by atoms with Crippen molar-refractivity contribution in [2.45, 2.75) is 44.6 Å². The molecule has 0 saturated heterocycles. The molecule has 8 nitrogen and oxygen atoms in total. The zero-order valence-corrected chi connectivity index (χ0v) is 25.7. The van der Waals surface area contributed by atoms with Gasteiger partial charge in [-0.3, -0.25) is 0 Å². The molecule has 0 bridgehead atoms. The number of carbonyl (C=O) groups excluding carboxylic acids is 3. The molecule has 0 spiro atoms. The third-order valence-electron chi connectivity index (χ3n) is 7.65. The number of ether oxygens (including phenoxy) is 4. The van der Waals surface area contributed by atoms with Gasteiger partial charge in [0.1, 0.15) is 17.6 Å². The first-order valence-electron chi connectivity index (χ1n) is 14.7. The topological polar surface area (TPSA) is 108 Å². The standard InChI is InChI=1S/C37H38O8/c1-23(2)35(39)43-30-16-12-29(13-17-30)34-20-32(45-36(40)24(3)21-38)18-19-33(34)28-8-6-26(7-9-28)27-10-14-31(15-11-27)44-37(41)25(4)22-42-5/h6-11,14-15,18-20,29-30,38H,1,3-4,12-13,16-17,21-22H2,2,5H3. The van der Waals surface area contributed by atoms with Crippen molar-refractivity contribution < 1.29 is 38.4 Å². The Morgan fingerprint density at radius 2 is 1.27 bits per heavy atom. The second-order valence-electron chi connectivity index (χ2n) is 11.1. The van der Waals surface area contributed by atoms with Gasteiger partial charge in [0, 0.05) is 12.7 Å². The minimum atomic E-state index is -0.684. The van der Waals surface area contributed by atoms with Crippen LogP contribution in [-0.4, -0.2) is 49.4 Å². The molecule has 0 radical (unpaired) electrons. The molecule has 0 amide bonds. The summed E-state index contributed by atoms with van der Waals surface area (Å²) in [6.45, 7) is 12.1. The Morgan fingerprint density at radius 1 is 0.733 bits per heavy atom. The average Bonchev–Trinajstić information content (AvgIpc) is 3.05. The fourth-order valence-electron chi connectivity index (χ4n) is 5.16. The largest absolute Gasteiger partial charge is 0.459 e. The second-order valence-corrected chi connectivity index (χ2v) is 11.1. The van der Waals surface area contributed by atoms with Crippen molar-refractivity contribution in [3.8, 4) is 33.8 Å². The number of aliphatic hydroxyl groups is 1. The van der Waals surface area contributed by atoms with E-state index in [0.717, 1.165) is 40.7 Å². The molecule has 1 aliphatic carbocycles. The van der Waals surface area contributed by atoms with E-state index in [1.807, 2.05) is 48.5 Å². The Morgan fingerprint density at radius 3 is 1.84 bits per heavy atom. The first kappa shape index (κ1) is 33.1. The fraction of sp³-hybridized carbons (Fsp3) is 0.270. The number of methoxy groups -OCH3 is 1. The molecule has 0 heterocycles. The van der Waals surface area contributed by atoms with Crippen LogP contribution in [0.1, 0.15) is 44.1 Å². The van der Waals surface area contributed by atoms with E-state index < -0.39 is 18.5 Å². The lowest BCUT2D eigenvalue weighted by Crippen LogP contribution is -2.24. The number of rotatable bonds is 12. The van der Waals surface area contributed by atoms with Gasteiger partial charge in [0.25, 0.3) is 0 Å². The summed E-state index contributed by atoms with van der Waals surface area (Å²) in [5.74, 6) is -0.667. The molecule has 1 fully saturated rings. The third-order valence-corrected chi connectivity index (χ3v) is 7.65. The third kappa shape index (κ3) is 8.65. The number of hydrogen-bond donors (Lipinski definition) is 1. The summed E-state index contributed by atoms with van der Waals surface area (Å²) in [5.41, 5.74) is 5.53. The van der Waals surface area contributed by atoms with E-state index in [4.69, 9.17) is 18.9 Å². The maximum atomic E-state index is 12.3. The Hall–Kier alpha value is -4.79. The predicted octanol–water partition coefficient (Wildman–Crippen LogP) is 6.73. The Labute approximate surface area is 263 Å². The van der Waals surface area contributed by atoms with Crippen LogP contribution >= 0.6 is 0 Å². The number of aliphatic hydroxyl groups excluding tert-OH is 1. The SMILES string of the molecule is C=C(C)C(=O)OC1CCC(c2cc(OC(=O)C(=C)CO)ccc2-c2ccc(-c3ccc(OC(=O)C(=C)COC)cc3)cc2)CC1. The summed E-state index contributed by atoms with van der Waals surface area (Å²) in [7, 11) is 1.49. The summed E-state index contributed by atoms with van der Waals surface area (Å²) in [5, 5.41) is 9.28. The smallest absolute Gasteiger partial charge is 0.341 e. The highest BCUT2D eigenvalue weighted by Crippen LogP contribution is 2.41. The maximum absolute atomic E-state index is 12.3.